The molecular weight excluding hydrogens is 320 g/mol. The van der Waals surface area contributed by atoms with E-state index in [1.165, 1.54) is 19.2 Å². The van der Waals surface area contributed by atoms with Gasteiger partial charge in [0.25, 0.3) is 5.91 Å². The summed E-state index contributed by atoms with van der Waals surface area (Å²) >= 11 is 0. The van der Waals surface area contributed by atoms with E-state index in [0.29, 0.717) is 28.5 Å². The number of carbonyl (C=O) groups is 2. The average Bonchev–Trinajstić information content (AvgIpc) is 2.95. The van der Waals surface area contributed by atoms with Gasteiger partial charge in [-0.1, -0.05) is 18.2 Å². The molecule has 6 nitrogen and oxygen atoms in total. The van der Waals surface area contributed by atoms with Crippen LogP contribution in [-0.4, -0.2) is 31.6 Å². The minimum Gasteiger partial charge on any atom is -0.493 e. The van der Waals surface area contributed by atoms with Crippen molar-refractivity contribution in [2.45, 2.75) is 6.92 Å². The number of carbonyl (C=O) groups excluding carboxylic acids is 2. The lowest BCUT2D eigenvalue weighted by atomic mass is 9.93. The number of para-hydroxylation sites is 1. The third kappa shape index (κ3) is 2.98. The molecule has 128 valence electrons. The number of anilines is 1. The van der Waals surface area contributed by atoms with Gasteiger partial charge in [-0.2, -0.15) is 10.1 Å². The Bertz CT molecular complexity index is 846. The summed E-state index contributed by atoms with van der Waals surface area (Å²) in [6, 6.07) is 13.9. The number of ether oxygens (including phenoxy) is 2. The zero-order valence-corrected chi connectivity index (χ0v) is 14.2. The van der Waals surface area contributed by atoms with E-state index in [-0.39, 0.29) is 11.7 Å². The summed E-state index contributed by atoms with van der Waals surface area (Å²) in [5, 5.41) is 5.54. The number of rotatable bonds is 5. The SMILES string of the molecule is COc1ccc(C(=O)[C@H]2C(=O)N(c3ccccc3)N=C2C)cc1OC. The van der Waals surface area contributed by atoms with Gasteiger partial charge in [-0.25, -0.2) is 0 Å². The number of methoxy groups -OCH3 is 2. The zero-order chi connectivity index (χ0) is 18.0. The Morgan fingerprint density at radius 1 is 1.04 bits per heavy atom. The van der Waals surface area contributed by atoms with Gasteiger partial charge in [0.05, 0.1) is 25.6 Å². The highest BCUT2D eigenvalue weighted by Gasteiger charge is 2.40. The first kappa shape index (κ1) is 16.7. The van der Waals surface area contributed by atoms with Crippen LogP contribution in [0.15, 0.2) is 53.6 Å². The van der Waals surface area contributed by atoms with E-state index >= 15 is 0 Å². The normalized spacial score (nSPS) is 16.6. The highest BCUT2D eigenvalue weighted by molar-refractivity contribution is 6.30. The number of nitrogens with zero attached hydrogens (tertiary/aromatic N) is 2. The summed E-state index contributed by atoms with van der Waals surface area (Å²) in [7, 11) is 3.02. The van der Waals surface area contributed by atoms with Crippen molar-refractivity contribution in [3.63, 3.8) is 0 Å². The maximum atomic E-state index is 12.9. The Morgan fingerprint density at radius 3 is 2.36 bits per heavy atom. The van der Waals surface area contributed by atoms with Gasteiger partial charge in [0.15, 0.2) is 17.3 Å². The van der Waals surface area contributed by atoms with E-state index in [9.17, 15) is 9.59 Å². The molecule has 0 aliphatic carbocycles. The monoisotopic (exact) mass is 338 g/mol. The second-order valence-corrected chi connectivity index (χ2v) is 5.59. The molecule has 0 unspecified atom stereocenters. The molecule has 0 saturated carbocycles. The minimum absolute atomic E-state index is 0.314. The molecule has 0 aromatic heterocycles. The molecule has 0 spiro atoms. The molecular formula is C19H18N2O4. The highest BCUT2D eigenvalue weighted by Crippen LogP contribution is 2.31. The molecule has 0 N–H and O–H groups in total. The number of hydrazone groups is 1. The Labute approximate surface area is 145 Å². The van der Waals surface area contributed by atoms with Crippen molar-refractivity contribution >= 4 is 23.1 Å². The smallest absolute Gasteiger partial charge is 0.264 e. The third-order valence-electron chi connectivity index (χ3n) is 4.06. The maximum absolute atomic E-state index is 12.9. The largest absolute Gasteiger partial charge is 0.493 e. The van der Waals surface area contributed by atoms with Crippen molar-refractivity contribution in [1.29, 1.82) is 0 Å². The predicted octanol–water partition coefficient (Wildman–Crippen LogP) is 2.93. The van der Waals surface area contributed by atoms with E-state index in [1.54, 1.807) is 37.3 Å². The topological polar surface area (TPSA) is 68.2 Å². The van der Waals surface area contributed by atoms with Crippen LogP contribution in [0, 0.1) is 5.92 Å². The fourth-order valence-corrected chi connectivity index (χ4v) is 2.78. The Balaban J connectivity index is 1.91. The molecule has 1 aliphatic heterocycles. The van der Waals surface area contributed by atoms with Crippen molar-refractivity contribution in [3.05, 3.63) is 54.1 Å². The van der Waals surface area contributed by atoms with Crippen molar-refractivity contribution < 1.29 is 19.1 Å². The predicted molar refractivity (Wildman–Crippen MR) is 94.4 cm³/mol. The summed E-state index contributed by atoms with van der Waals surface area (Å²) in [4.78, 5) is 25.6. The molecule has 1 amide bonds. The van der Waals surface area contributed by atoms with E-state index in [2.05, 4.69) is 5.10 Å². The average molecular weight is 338 g/mol. The van der Waals surface area contributed by atoms with Crippen LogP contribution in [0.1, 0.15) is 17.3 Å². The first-order chi connectivity index (χ1) is 12.1. The van der Waals surface area contributed by atoms with Crippen LogP contribution in [0.5, 0.6) is 11.5 Å². The van der Waals surface area contributed by atoms with Crippen molar-refractivity contribution in [2.24, 2.45) is 11.0 Å². The quantitative estimate of drug-likeness (QED) is 0.621. The lowest BCUT2D eigenvalue weighted by Gasteiger charge is -2.14. The standard InChI is InChI=1S/C19H18N2O4/c1-12-17(19(23)21(20-12)14-7-5-4-6-8-14)18(22)13-9-10-15(24-2)16(11-13)25-3/h4-11,17H,1-3H3/t17-/m0/s1. The molecule has 0 radical (unpaired) electrons. The first-order valence-corrected chi connectivity index (χ1v) is 7.77. The van der Waals surface area contributed by atoms with Gasteiger partial charge in [0.1, 0.15) is 5.92 Å². The number of hydrogen-bond acceptors (Lipinski definition) is 5. The number of benzene rings is 2. The number of amides is 1. The Morgan fingerprint density at radius 2 is 1.72 bits per heavy atom. The molecule has 6 heteroatoms. The van der Waals surface area contributed by atoms with Gasteiger partial charge in [-0.15, -0.1) is 0 Å². The molecule has 1 aliphatic rings. The second-order valence-electron chi connectivity index (χ2n) is 5.59. The van der Waals surface area contributed by atoms with Crippen LogP contribution in [0.4, 0.5) is 5.69 Å². The number of hydrogen-bond donors (Lipinski definition) is 0. The van der Waals surface area contributed by atoms with Crippen LogP contribution < -0.4 is 14.5 Å². The molecule has 0 saturated heterocycles. The van der Waals surface area contributed by atoms with Gasteiger partial charge >= 0.3 is 0 Å². The van der Waals surface area contributed by atoms with Crippen molar-refractivity contribution in [1.82, 2.24) is 0 Å². The van der Waals surface area contributed by atoms with E-state index in [0.717, 1.165) is 0 Å². The fourth-order valence-electron chi connectivity index (χ4n) is 2.78. The maximum Gasteiger partial charge on any atom is 0.264 e. The molecule has 1 heterocycles. The van der Waals surface area contributed by atoms with Gasteiger partial charge in [0.2, 0.25) is 0 Å². The highest BCUT2D eigenvalue weighted by atomic mass is 16.5. The van der Waals surface area contributed by atoms with E-state index in [4.69, 9.17) is 9.47 Å². The fraction of sp³-hybridized carbons (Fsp3) is 0.211. The molecule has 2 aromatic carbocycles. The first-order valence-electron chi connectivity index (χ1n) is 7.77. The Hall–Kier alpha value is -3.15. The van der Waals surface area contributed by atoms with Crippen LogP contribution in [0.2, 0.25) is 0 Å². The lowest BCUT2D eigenvalue weighted by molar-refractivity contribution is -0.118. The molecule has 1 atom stereocenters. The van der Waals surface area contributed by atoms with Crippen molar-refractivity contribution in [3.8, 4) is 11.5 Å². The third-order valence-corrected chi connectivity index (χ3v) is 4.06. The number of ketones is 1. The molecule has 25 heavy (non-hydrogen) atoms. The summed E-state index contributed by atoms with van der Waals surface area (Å²) in [5.41, 5.74) is 1.48. The van der Waals surface area contributed by atoms with Crippen LogP contribution in [0.3, 0.4) is 0 Å². The molecule has 0 bridgehead atoms. The van der Waals surface area contributed by atoms with Gasteiger partial charge in [-0.05, 0) is 37.3 Å². The lowest BCUT2D eigenvalue weighted by Crippen LogP contribution is -2.32. The van der Waals surface area contributed by atoms with Gasteiger partial charge in [0, 0.05) is 5.56 Å². The zero-order valence-electron chi connectivity index (χ0n) is 14.2. The summed E-state index contributed by atoms with van der Waals surface area (Å²) in [5.74, 6) is -0.645. The van der Waals surface area contributed by atoms with E-state index in [1.807, 2.05) is 18.2 Å². The van der Waals surface area contributed by atoms with Gasteiger partial charge < -0.3 is 9.47 Å². The van der Waals surface area contributed by atoms with E-state index < -0.39 is 5.92 Å². The van der Waals surface area contributed by atoms with Crippen molar-refractivity contribution in [2.75, 3.05) is 19.2 Å². The second kappa shape index (κ2) is 6.76. The number of Topliss-reactive ketones (excluding diaryl/α,β-unsaturated/α-hetero) is 1. The summed E-state index contributed by atoms with van der Waals surface area (Å²) in [6.45, 7) is 1.68. The van der Waals surface area contributed by atoms with Crippen LogP contribution in [0.25, 0.3) is 0 Å². The van der Waals surface area contributed by atoms with Crippen LogP contribution in [-0.2, 0) is 4.79 Å². The summed E-state index contributed by atoms with van der Waals surface area (Å²) in [6.07, 6.45) is 0. The molecule has 3 rings (SSSR count). The minimum atomic E-state index is -0.932. The van der Waals surface area contributed by atoms with Gasteiger partial charge in [-0.3, -0.25) is 9.59 Å². The van der Waals surface area contributed by atoms with Crippen LogP contribution >= 0.6 is 0 Å². The Kier molecular flexibility index (Phi) is 4.52. The molecule has 0 fully saturated rings. The molecule has 2 aromatic rings. The summed E-state index contributed by atoms with van der Waals surface area (Å²) < 4.78 is 10.4.